The second-order valence-corrected chi connectivity index (χ2v) is 8.89. The van der Waals surface area contributed by atoms with Gasteiger partial charge in [-0.2, -0.15) is 0 Å². The fraction of sp³-hybridized carbons (Fsp3) is 0.524. The van der Waals surface area contributed by atoms with Crippen LogP contribution in [0.1, 0.15) is 65.7 Å². The first-order chi connectivity index (χ1) is 15.8. The van der Waals surface area contributed by atoms with Crippen LogP contribution in [0.4, 0.5) is 8.78 Å². The maximum atomic E-state index is 13.1. The van der Waals surface area contributed by atoms with Gasteiger partial charge in [-0.25, -0.2) is 23.4 Å². The molecule has 0 aliphatic heterocycles. The lowest BCUT2D eigenvalue weighted by Gasteiger charge is -2.34. The van der Waals surface area contributed by atoms with Crippen LogP contribution in [0.25, 0.3) is 5.78 Å². The Balaban J connectivity index is 1.24. The predicted octanol–water partition coefficient (Wildman–Crippen LogP) is 2.35. The fourth-order valence-corrected chi connectivity index (χ4v) is 4.17. The summed E-state index contributed by atoms with van der Waals surface area (Å²) < 4.78 is 32.4. The largest absolute Gasteiger partial charge is 0.347 e. The molecule has 2 saturated carbocycles. The van der Waals surface area contributed by atoms with Crippen LogP contribution in [0, 0.1) is 18.8 Å². The van der Waals surface area contributed by atoms with E-state index in [0.717, 1.165) is 12.8 Å². The van der Waals surface area contributed by atoms with Gasteiger partial charge in [0.05, 0.1) is 24.0 Å². The van der Waals surface area contributed by atoms with Crippen LogP contribution in [0.2, 0.25) is 0 Å². The molecule has 10 nitrogen and oxygen atoms in total. The normalized spacial score (nSPS) is 18.6. The van der Waals surface area contributed by atoms with Crippen molar-refractivity contribution in [3.05, 3.63) is 41.2 Å². The number of amides is 2. The molecule has 174 valence electrons. The highest BCUT2D eigenvalue weighted by atomic mass is 19.3. The van der Waals surface area contributed by atoms with Crippen LogP contribution in [0.15, 0.2) is 23.1 Å². The number of hydrogen-bond acceptors (Lipinski definition) is 7. The summed E-state index contributed by atoms with van der Waals surface area (Å²) in [7, 11) is 0. The average molecular weight is 459 g/mol. The summed E-state index contributed by atoms with van der Waals surface area (Å²) >= 11 is 0. The smallest absolute Gasteiger partial charge is 0.275 e. The van der Waals surface area contributed by atoms with E-state index in [-0.39, 0.29) is 55.3 Å². The van der Waals surface area contributed by atoms with E-state index in [0.29, 0.717) is 22.9 Å². The number of nitrogens with one attached hydrogen (secondary N) is 2. The third-order valence-corrected chi connectivity index (χ3v) is 6.07. The van der Waals surface area contributed by atoms with E-state index in [2.05, 4.69) is 35.5 Å². The lowest BCUT2D eigenvalue weighted by Crippen LogP contribution is -2.39. The summed E-state index contributed by atoms with van der Waals surface area (Å²) in [5, 5.41) is 12.9. The summed E-state index contributed by atoms with van der Waals surface area (Å²) in [6.45, 7) is 1.79. The van der Waals surface area contributed by atoms with Crippen LogP contribution in [-0.2, 0) is 11.3 Å². The third kappa shape index (κ3) is 4.69. The van der Waals surface area contributed by atoms with E-state index in [1.54, 1.807) is 23.7 Å². The minimum atomic E-state index is -2.63. The molecule has 0 spiro atoms. The number of fused-ring (bicyclic) bond motifs is 1. The fourth-order valence-electron chi connectivity index (χ4n) is 4.17. The number of aromatic nitrogens is 5. The SMILES string of the molecule is Cc1nonc1C(=O)NCc1cn2ccc(C(NC(=O)CC3CC(F)(F)C3)C3CC3)nc2n1. The van der Waals surface area contributed by atoms with Crippen molar-refractivity contribution in [1.29, 1.82) is 0 Å². The number of alkyl halides is 2. The lowest BCUT2D eigenvalue weighted by molar-refractivity contribution is -0.134. The van der Waals surface area contributed by atoms with Gasteiger partial charge in [0, 0.05) is 31.7 Å². The van der Waals surface area contributed by atoms with Crippen LogP contribution in [0.3, 0.4) is 0 Å². The number of rotatable bonds is 8. The molecular formula is C21H23F2N7O3. The van der Waals surface area contributed by atoms with Crippen molar-refractivity contribution in [3.8, 4) is 0 Å². The van der Waals surface area contributed by atoms with Gasteiger partial charge in [-0.15, -0.1) is 0 Å². The highest BCUT2D eigenvalue weighted by Gasteiger charge is 2.46. The maximum absolute atomic E-state index is 13.1. The highest BCUT2D eigenvalue weighted by Crippen LogP contribution is 2.44. The minimum absolute atomic E-state index is 0.106. The number of carbonyl (C=O) groups is 2. The average Bonchev–Trinajstić information content (AvgIpc) is 3.36. The van der Waals surface area contributed by atoms with Crippen molar-refractivity contribution in [2.45, 2.75) is 57.5 Å². The van der Waals surface area contributed by atoms with Gasteiger partial charge in [0.25, 0.3) is 5.91 Å². The first-order valence-electron chi connectivity index (χ1n) is 10.9. The summed E-state index contributed by atoms with van der Waals surface area (Å²) in [6, 6.07) is 1.55. The van der Waals surface area contributed by atoms with Gasteiger partial charge in [0.1, 0.15) is 5.69 Å². The van der Waals surface area contributed by atoms with Crippen molar-refractivity contribution in [3.63, 3.8) is 0 Å². The Hall–Kier alpha value is -3.44. The molecule has 2 N–H and O–H groups in total. The summed E-state index contributed by atoms with van der Waals surface area (Å²) in [4.78, 5) is 33.7. The van der Waals surface area contributed by atoms with Crippen LogP contribution in [-0.4, -0.2) is 42.4 Å². The van der Waals surface area contributed by atoms with E-state index in [1.807, 2.05) is 6.07 Å². The molecule has 3 aromatic rings. The lowest BCUT2D eigenvalue weighted by atomic mass is 9.79. The molecule has 1 unspecified atom stereocenters. The molecular weight excluding hydrogens is 436 g/mol. The minimum Gasteiger partial charge on any atom is -0.347 e. The molecule has 5 rings (SSSR count). The predicted molar refractivity (Wildman–Crippen MR) is 109 cm³/mol. The molecule has 2 aliphatic carbocycles. The molecule has 0 saturated heterocycles. The summed E-state index contributed by atoms with van der Waals surface area (Å²) in [5.41, 5.74) is 1.80. The summed E-state index contributed by atoms with van der Waals surface area (Å²) in [5.74, 6) is -2.82. The second-order valence-electron chi connectivity index (χ2n) is 8.89. The van der Waals surface area contributed by atoms with Crippen molar-refractivity contribution < 1.29 is 23.0 Å². The van der Waals surface area contributed by atoms with Crippen molar-refractivity contribution in [2.24, 2.45) is 11.8 Å². The van der Waals surface area contributed by atoms with E-state index >= 15 is 0 Å². The number of nitrogens with zero attached hydrogens (tertiary/aromatic N) is 5. The van der Waals surface area contributed by atoms with Crippen LogP contribution >= 0.6 is 0 Å². The first kappa shape index (κ1) is 21.4. The highest BCUT2D eigenvalue weighted by molar-refractivity contribution is 5.92. The van der Waals surface area contributed by atoms with E-state index in [1.165, 1.54) is 0 Å². The molecule has 1 atom stereocenters. The molecule has 3 aromatic heterocycles. The molecule has 2 amide bonds. The Morgan fingerprint density at radius 2 is 2.06 bits per heavy atom. The standard InChI is InChI=1S/C21H23F2N7O3/c1-11-17(29-33-28-11)19(32)24-9-14-10-30-5-4-15(26-20(30)25-14)18(13-2-3-13)27-16(31)6-12-7-21(22,23)8-12/h4-5,10,12-13,18H,2-3,6-9H2,1H3,(H,24,32)(H,27,31). The zero-order valence-corrected chi connectivity index (χ0v) is 17.9. The molecule has 3 heterocycles. The molecule has 2 aliphatic rings. The second kappa shape index (κ2) is 8.16. The van der Waals surface area contributed by atoms with Crippen molar-refractivity contribution in [2.75, 3.05) is 0 Å². The first-order valence-corrected chi connectivity index (χ1v) is 10.9. The van der Waals surface area contributed by atoms with Gasteiger partial charge >= 0.3 is 0 Å². The Bertz CT molecular complexity index is 1200. The molecule has 12 heteroatoms. The van der Waals surface area contributed by atoms with Gasteiger partial charge in [-0.05, 0) is 42.8 Å². The van der Waals surface area contributed by atoms with Crippen LogP contribution in [0.5, 0.6) is 0 Å². The number of carbonyl (C=O) groups excluding carboxylic acids is 2. The van der Waals surface area contributed by atoms with Crippen LogP contribution < -0.4 is 10.6 Å². The monoisotopic (exact) mass is 459 g/mol. The molecule has 0 bridgehead atoms. The molecule has 33 heavy (non-hydrogen) atoms. The Labute approximate surface area is 187 Å². The van der Waals surface area contributed by atoms with Gasteiger partial charge in [-0.3, -0.25) is 14.0 Å². The van der Waals surface area contributed by atoms with E-state index < -0.39 is 11.8 Å². The Kier molecular flexibility index (Phi) is 5.29. The topological polar surface area (TPSA) is 127 Å². The maximum Gasteiger partial charge on any atom is 0.275 e. The van der Waals surface area contributed by atoms with Gasteiger partial charge < -0.3 is 10.6 Å². The van der Waals surface area contributed by atoms with Gasteiger partial charge in [-0.1, -0.05) is 5.16 Å². The summed E-state index contributed by atoms with van der Waals surface area (Å²) in [6.07, 6.45) is 5.16. The zero-order chi connectivity index (χ0) is 23.2. The molecule has 0 radical (unpaired) electrons. The number of halogens is 2. The van der Waals surface area contributed by atoms with Crippen molar-refractivity contribution in [1.82, 2.24) is 35.3 Å². The van der Waals surface area contributed by atoms with E-state index in [4.69, 9.17) is 0 Å². The number of hydrogen-bond donors (Lipinski definition) is 2. The Morgan fingerprint density at radius 3 is 2.73 bits per heavy atom. The Morgan fingerprint density at radius 1 is 1.27 bits per heavy atom. The molecule has 0 aromatic carbocycles. The van der Waals surface area contributed by atoms with Gasteiger partial charge in [0.2, 0.25) is 17.6 Å². The number of aryl methyl sites for hydroxylation is 1. The third-order valence-electron chi connectivity index (χ3n) is 6.07. The quantitative estimate of drug-likeness (QED) is 0.529. The van der Waals surface area contributed by atoms with E-state index in [9.17, 15) is 18.4 Å². The number of imidazole rings is 1. The van der Waals surface area contributed by atoms with Crippen molar-refractivity contribution >= 4 is 17.6 Å². The zero-order valence-electron chi connectivity index (χ0n) is 17.9. The van der Waals surface area contributed by atoms with Gasteiger partial charge in [0.15, 0.2) is 5.69 Å². The molecule has 2 fully saturated rings.